The second kappa shape index (κ2) is 5.78. The first kappa shape index (κ1) is 12.8. The van der Waals surface area contributed by atoms with Gasteiger partial charge < -0.3 is 4.74 Å². The number of ether oxygens (including phenoxy) is 1. The normalized spacial score (nSPS) is 10.1. The molecule has 0 radical (unpaired) electrons. The molecule has 0 aliphatic carbocycles. The van der Waals surface area contributed by atoms with Crippen LogP contribution in [0.15, 0.2) is 48.5 Å². The van der Waals surface area contributed by atoms with Crippen LogP contribution < -0.4 is 4.74 Å². The minimum Gasteiger partial charge on any atom is -0.486 e. The van der Waals surface area contributed by atoms with Crippen LogP contribution in [0.3, 0.4) is 0 Å². The quantitative estimate of drug-likeness (QED) is 0.800. The number of hydrogen-bond donors (Lipinski definition) is 0. The van der Waals surface area contributed by atoms with E-state index in [0.717, 1.165) is 5.56 Å². The molecule has 0 aliphatic rings. The molecule has 0 N–H and O–H groups in total. The number of hydrogen-bond acceptors (Lipinski definition) is 2. The summed E-state index contributed by atoms with van der Waals surface area (Å²) in [6.07, 6.45) is 0. The zero-order valence-corrected chi connectivity index (χ0v) is 11.0. The average Bonchev–Trinajstić information content (AvgIpc) is 2.38. The molecule has 0 amide bonds. The third-order valence-electron chi connectivity index (χ3n) is 2.41. The van der Waals surface area contributed by atoms with E-state index in [1.54, 1.807) is 6.07 Å². The van der Waals surface area contributed by atoms with Gasteiger partial charge in [0, 0.05) is 0 Å². The Hall–Kier alpha value is -1.68. The number of halogens is 2. The number of carbonyl (C=O) groups is 1. The van der Waals surface area contributed by atoms with Crippen LogP contribution in [0.2, 0.25) is 0 Å². The molecule has 0 aliphatic heterocycles. The Morgan fingerprint density at radius 2 is 1.83 bits per heavy atom. The van der Waals surface area contributed by atoms with E-state index in [1.165, 1.54) is 12.1 Å². The van der Waals surface area contributed by atoms with E-state index < -0.39 is 10.5 Å². The monoisotopic (exact) mass is 308 g/mol. The zero-order chi connectivity index (χ0) is 13.0. The van der Waals surface area contributed by atoms with Crippen molar-refractivity contribution in [2.75, 3.05) is 0 Å². The Labute approximate surface area is 113 Å². The fourth-order valence-electron chi connectivity index (χ4n) is 1.51. The summed E-state index contributed by atoms with van der Waals surface area (Å²) in [5.74, 6) is -0.570. The Balaban J connectivity index is 2.15. The molecule has 0 aromatic heterocycles. The van der Waals surface area contributed by atoms with Crippen molar-refractivity contribution >= 4 is 20.6 Å². The lowest BCUT2D eigenvalue weighted by Gasteiger charge is -2.08. The van der Waals surface area contributed by atoms with E-state index in [9.17, 15) is 9.18 Å². The van der Waals surface area contributed by atoms with Crippen LogP contribution in [-0.2, 0) is 6.61 Å². The lowest BCUT2D eigenvalue weighted by Crippen LogP contribution is -2.01. The van der Waals surface area contributed by atoms with Gasteiger partial charge in [0.1, 0.15) is 6.61 Å². The summed E-state index contributed by atoms with van der Waals surface area (Å²) in [5, 5.41) is 0. The second-order valence-electron chi connectivity index (χ2n) is 3.67. The van der Waals surface area contributed by atoms with E-state index in [-0.39, 0.29) is 17.9 Å². The van der Waals surface area contributed by atoms with Crippen molar-refractivity contribution in [3.05, 3.63) is 65.5 Å². The minimum atomic E-state index is -0.643. The van der Waals surface area contributed by atoms with Gasteiger partial charge in [-0.1, -0.05) is 36.4 Å². The van der Waals surface area contributed by atoms with E-state index >= 15 is 0 Å². The van der Waals surface area contributed by atoms with Crippen molar-refractivity contribution in [1.29, 1.82) is 0 Å². The molecule has 0 unspecified atom stereocenters. The molecule has 0 saturated heterocycles. The maximum atomic E-state index is 13.9. The van der Waals surface area contributed by atoms with Crippen molar-refractivity contribution < 1.29 is 13.9 Å². The summed E-state index contributed by atoms with van der Waals surface area (Å²) in [5.41, 5.74) is 0.910. The van der Waals surface area contributed by atoms with Crippen LogP contribution in [0.1, 0.15) is 15.9 Å². The first-order valence-electron chi connectivity index (χ1n) is 5.33. The fraction of sp³-hybridized carbons (Fsp3) is 0.0714. The molecule has 2 aromatic rings. The standard InChI is InChI=1S/C14H10BrFO2/c15-14(17)11-7-4-8-12(13(11)16)18-9-10-5-2-1-3-6-10/h1-8H,9H2. The van der Waals surface area contributed by atoms with Gasteiger partial charge in [0.25, 0.3) is 0 Å². The highest BCUT2D eigenvalue weighted by molar-refractivity contribution is 9.18. The summed E-state index contributed by atoms with van der Waals surface area (Å²) >= 11 is 2.73. The molecule has 0 bridgehead atoms. The first-order chi connectivity index (χ1) is 8.68. The van der Waals surface area contributed by atoms with Crippen LogP contribution in [0.4, 0.5) is 4.39 Å². The third-order valence-corrected chi connectivity index (χ3v) is 2.84. The predicted molar refractivity (Wildman–Crippen MR) is 70.4 cm³/mol. The van der Waals surface area contributed by atoms with Crippen LogP contribution in [0.5, 0.6) is 5.75 Å². The van der Waals surface area contributed by atoms with Crippen molar-refractivity contribution in [2.45, 2.75) is 6.61 Å². The summed E-state index contributed by atoms with van der Waals surface area (Å²) in [6, 6.07) is 13.9. The smallest absolute Gasteiger partial charge is 0.231 e. The zero-order valence-electron chi connectivity index (χ0n) is 9.40. The van der Waals surface area contributed by atoms with Crippen molar-refractivity contribution in [2.24, 2.45) is 0 Å². The fourth-order valence-corrected chi connectivity index (χ4v) is 1.82. The van der Waals surface area contributed by atoms with Crippen LogP contribution >= 0.6 is 15.9 Å². The second-order valence-corrected chi connectivity index (χ2v) is 4.39. The molecule has 0 spiro atoms. The number of carbonyl (C=O) groups excluding carboxylic acids is 1. The summed E-state index contributed by atoms with van der Waals surface area (Å²) in [7, 11) is 0. The van der Waals surface area contributed by atoms with Crippen LogP contribution in [-0.4, -0.2) is 4.69 Å². The molecule has 4 heteroatoms. The van der Waals surface area contributed by atoms with E-state index in [4.69, 9.17) is 4.74 Å². The third kappa shape index (κ3) is 2.96. The summed E-state index contributed by atoms with van der Waals surface area (Å²) in [6.45, 7) is 0.262. The molecular weight excluding hydrogens is 299 g/mol. The van der Waals surface area contributed by atoms with Gasteiger partial charge in [-0.2, -0.15) is 0 Å². The Morgan fingerprint density at radius 3 is 2.50 bits per heavy atom. The lowest BCUT2D eigenvalue weighted by atomic mass is 10.2. The van der Waals surface area contributed by atoms with Gasteiger partial charge in [-0.15, -0.1) is 0 Å². The topological polar surface area (TPSA) is 26.3 Å². The molecular formula is C14H10BrFO2. The maximum absolute atomic E-state index is 13.9. The van der Waals surface area contributed by atoms with Gasteiger partial charge >= 0.3 is 0 Å². The molecule has 0 atom stereocenters. The largest absolute Gasteiger partial charge is 0.486 e. The lowest BCUT2D eigenvalue weighted by molar-refractivity contribution is 0.109. The summed E-state index contributed by atoms with van der Waals surface area (Å²) in [4.78, 5) is 11.1. The van der Waals surface area contributed by atoms with Gasteiger partial charge in [0.15, 0.2) is 11.6 Å². The Bertz CT molecular complexity index is 555. The minimum absolute atomic E-state index is 0.0273. The van der Waals surface area contributed by atoms with E-state index in [2.05, 4.69) is 15.9 Å². The SMILES string of the molecule is O=C(Br)c1cccc(OCc2ccccc2)c1F. The molecule has 0 heterocycles. The molecule has 92 valence electrons. The Kier molecular flexibility index (Phi) is 4.10. The average molecular weight is 309 g/mol. The number of benzene rings is 2. The molecule has 0 fully saturated rings. The van der Waals surface area contributed by atoms with Crippen LogP contribution in [0.25, 0.3) is 0 Å². The van der Waals surface area contributed by atoms with E-state index in [1.807, 2.05) is 30.3 Å². The molecule has 0 saturated carbocycles. The highest BCUT2D eigenvalue weighted by Crippen LogP contribution is 2.23. The predicted octanol–water partition coefficient (Wildman–Crippen LogP) is 3.94. The maximum Gasteiger partial charge on any atom is 0.231 e. The van der Waals surface area contributed by atoms with Crippen LogP contribution in [0, 0.1) is 5.82 Å². The van der Waals surface area contributed by atoms with Crippen molar-refractivity contribution in [3.63, 3.8) is 0 Å². The molecule has 2 rings (SSSR count). The van der Waals surface area contributed by atoms with Crippen molar-refractivity contribution in [1.82, 2.24) is 0 Å². The molecule has 2 nitrogen and oxygen atoms in total. The highest BCUT2D eigenvalue weighted by Gasteiger charge is 2.13. The van der Waals surface area contributed by atoms with Gasteiger partial charge in [0.2, 0.25) is 4.69 Å². The summed E-state index contributed by atoms with van der Waals surface area (Å²) < 4.78 is 18.7. The van der Waals surface area contributed by atoms with E-state index in [0.29, 0.717) is 0 Å². The molecule has 2 aromatic carbocycles. The van der Waals surface area contributed by atoms with Gasteiger partial charge in [-0.25, -0.2) is 4.39 Å². The molecule has 18 heavy (non-hydrogen) atoms. The number of rotatable bonds is 4. The first-order valence-corrected chi connectivity index (χ1v) is 6.13. The van der Waals surface area contributed by atoms with Gasteiger partial charge in [0.05, 0.1) is 5.56 Å². The Morgan fingerprint density at radius 1 is 1.11 bits per heavy atom. The van der Waals surface area contributed by atoms with Gasteiger partial charge in [-0.05, 0) is 33.6 Å². The van der Waals surface area contributed by atoms with Gasteiger partial charge in [-0.3, -0.25) is 4.79 Å². The van der Waals surface area contributed by atoms with Crippen molar-refractivity contribution in [3.8, 4) is 5.75 Å². The highest BCUT2D eigenvalue weighted by atomic mass is 79.9.